The van der Waals surface area contributed by atoms with Gasteiger partial charge in [-0.05, 0) is 63.1 Å². The highest BCUT2D eigenvalue weighted by atomic mass is 32.2. The Labute approximate surface area is 198 Å². The molecule has 4 rings (SSSR count). The lowest BCUT2D eigenvalue weighted by Crippen LogP contribution is -2.35. The molecule has 1 aliphatic heterocycles. The number of nitrogens with one attached hydrogen (secondary N) is 2. The van der Waals surface area contributed by atoms with Crippen LogP contribution in [-0.4, -0.2) is 42.7 Å². The third-order valence-electron chi connectivity index (χ3n) is 5.65. The summed E-state index contributed by atoms with van der Waals surface area (Å²) in [6.45, 7) is 4.89. The van der Waals surface area contributed by atoms with Crippen molar-refractivity contribution in [1.29, 1.82) is 0 Å². The van der Waals surface area contributed by atoms with Gasteiger partial charge in [-0.15, -0.1) is 11.3 Å². The van der Waals surface area contributed by atoms with Gasteiger partial charge in [-0.3, -0.25) is 4.79 Å². The minimum absolute atomic E-state index is 0.208. The standard InChI is InChI=1S/C24H28N4O3S2/c1-17(25-20-8-6-19(7-9-20)23-16-32-18(2)26-23)24(29)27-21-10-12-22(13-11-21)33(30,31)28-14-4-3-5-15-28/h6-13,16-17,25H,3-5,14-15H2,1-2H3,(H,27,29). The summed E-state index contributed by atoms with van der Waals surface area (Å²) >= 11 is 1.61. The molecule has 1 saturated heterocycles. The van der Waals surface area contributed by atoms with Crippen molar-refractivity contribution in [1.82, 2.24) is 9.29 Å². The highest BCUT2D eigenvalue weighted by Crippen LogP contribution is 2.24. The highest BCUT2D eigenvalue weighted by Gasteiger charge is 2.25. The van der Waals surface area contributed by atoms with Gasteiger partial charge >= 0.3 is 0 Å². The number of rotatable bonds is 7. The van der Waals surface area contributed by atoms with E-state index in [1.165, 1.54) is 4.31 Å². The summed E-state index contributed by atoms with van der Waals surface area (Å²) in [6, 6.07) is 13.7. The summed E-state index contributed by atoms with van der Waals surface area (Å²) in [4.78, 5) is 17.4. The summed E-state index contributed by atoms with van der Waals surface area (Å²) in [6.07, 6.45) is 2.86. The van der Waals surface area contributed by atoms with Crippen molar-refractivity contribution < 1.29 is 13.2 Å². The minimum Gasteiger partial charge on any atom is -0.374 e. The molecule has 1 atom stereocenters. The van der Waals surface area contributed by atoms with E-state index < -0.39 is 16.1 Å². The summed E-state index contributed by atoms with van der Waals surface area (Å²) in [5.74, 6) is -0.208. The fourth-order valence-electron chi connectivity index (χ4n) is 3.76. The average molecular weight is 485 g/mol. The molecule has 2 heterocycles. The van der Waals surface area contributed by atoms with Crippen molar-refractivity contribution in [3.05, 3.63) is 58.9 Å². The van der Waals surface area contributed by atoms with Crippen LogP contribution in [0, 0.1) is 6.92 Å². The molecule has 1 amide bonds. The van der Waals surface area contributed by atoms with Gasteiger partial charge in [-0.2, -0.15) is 4.31 Å². The van der Waals surface area contributed by atoms with E-state index >= 15 is 0 Å². The zero-order chi connectivity index (χ0) is 23.4. The highest BCUT2D eigenvalue weighted by molar-refractivity contribution is 7.89. The summed E-state index contributed by atoms with van der Waals surface area (Å²) < 4.78 is 27.1. The first kappa shape index (κ1) is 23.4. The number of amides is 1. The molecule has 2 aromatic carbocycles. The van der Waals surface area contributed by atoms with E-state index in [2.05, 4.69) is 15.6 Å². The summed E-state index contributed by atoms with van der Waals surface area (Å²) in [5, 5.41) is 9.08. The molecule has 9 heteroatoms. The van der Waals surface area contributed by atoms with Gasteiger partial charge in [-0.25, -0.2) is 13.4 Å². The van der Waals surface area contributed by atoms with Crippen LogP contribution in [0.5, 0.6) is 0 Å². The maximum absolute atomic E-state index is 12.8. The maximum Gasteiger partial charge on any atom is 0.246 e. The zero-order valence-electron chi connectivity index (χ0n) is 18.7. The molecule has 0 radical (unpaired) electrons. The summed E-state index contributed by atoms with van der Waals surface area (Å²) in [7, 11) is -3.48. The average Bonchev–Trinajstić information content (AvgIpc) is 3.26. The summed E-state index contributed by atoms with van der Waals surface area (Å²) in [5.41, 5.74) is 3.36. The van der Waals surface area contributed by atoms with E-state index in [1.54, 1.807) is 42.5 Å². The first-order chi connectivity index (χ1) is 15.8. The fourth-order valence-corrected chi connectivity index (χ4v) is 5.90. The van der Waals surface area contributed by atoms with Gasteiger partial charge in [0, 0.05) is 35.4 Å². The van der Waals surface area contributed by atoms with E-state index in [9.17, 15) is 13.2 Å². The Morgan fingerprint density at radius 2 is 1.64 bits per heavy atom. The molecule has 1 aliphatic rings. The molecular formula is C24H28N4O3S2. The lowest BCUT2D eigenvalue weighted by Gasteiger charge is -2.25. The number of sulfonamides is 1. The molecule has 1 unspecified atom stereocenters. The SMILES string of the molecule is Cc1nc(-c2ccc(NC(C)C(=O)Nc3ccc(S(=O)(=O)N4CCCCC4)cc3)cc2)cs1. The molecule has 1 aromatic heterocycles. The van der Waals surface area contributed by atoms with E-state index in [1.807, 2.05) is 36.6 Å². The van der Waals surface area contributed by atoms with Gasteiger partial charge in [-0.1, -0.05) is 18.6 Å². The van der Waals surface area contributed by atoms with Crippen LogP contribution < -0.4 is 10.6 Å². The predicted octanol–water partition coefficient (Wildman–Crippen LogP) is 4.73. The molecule has 0 bridgehead atoms. The molecule has 33 heavy (non-hydrogen) atoms. The van der Waals surface area contributed by atoms with Crippen LogP contribution >= 0.6 is 11.3 Å². The number of nitrogens with zero attached hydrogens (tertiary/aromatic N) is 2. The van der Waals surface area contributed by atoms with Gasteiger partial charge in [0.2, 0.25) is 15.9 Å². The van der Waals surface area contributed by atoms with E-state index in [0.29, 0.717) is 18.8 Å². The predicted molar refractivity (Wildman–Crippen MR) is 133 cm³/mol. The van der Waals surface area contributed by atoms with Crippen molar-refractivity contribution in [2.75, 3.05) is 23.7 Å². The normalized spacial score (nSPS) is 15.7. The maximum atomic E-state index is 12.8. The number of thiazole rings is 1. The van der Waals surface area contributed by atoms with Gasteiger partial charge in [0.15, 0.2) is 0 Å². The van der Waals surface area contributed by atoms with Crippen LogP contribution in [0.1, 0.15) is 31.2 Å². The molecular weight excluding hydrogens is 456 g/mol. The minimum atomic E-state index is -3.48. The van der Waals surface area contributed by atoms with Crippen LogP contribution in [-0.2, 0) is 14.8 Å². The molecule has 3 aromatic rings. The third kappa shape index (κ3) is 5.61. The Hall–Kier alpha value is -2.75. The van der Waals surface area contributed by atoms with Gasteiger partial charge in [0.25, 0.3) is 0 Å². The van der Waals surface area contributed by atoms with Crippen molar-refractivity contribution in [2.45, 2.75) is 44.0 Å². The molecule has 0 spiro atoms. The zero-order valence-corrected chi connectivity index (χ0v) is 20.4. The van der Waals surface area contributed by atoms with Crippen molar-refractivity contribution >= 4 is 38.6 Å². The van der Waals surface area contributed by atoms with Crippen LogP contribution in [0.3, 0.4) is 0 Å². The number of hydrogen-bond donors (Lipinski definition) is 2. The Morgan fingerprint density at radius 1 is 1.00 bits per heavy atom. The molecule has 174 valence electrons. The van der Waals surface area contributed by atoms with Gasteiger partial charge < -0.3 is 10.6 Å². The number of aromatic nitrogens is 1. The largest absolute Gasteiger partial charge is 0.374 e. The second-order valence-corrected chi connectivity index (χ2v) is 11.2. The van der Waals surface area contributed by atoms with Crippen molar-refractivity contribution in [3.63, 3.8) is 0 Å². The lowest BCUT2D eigenvalue weighted by molar-refractivity contribution is -0.116. The Kier molecular flexibility index (Phi) is 7.11. The number of benzene rings is 2. The number of piperidine rings is 1. The third-order valence-corrected chi connectivity index (χ3v) is 8.34. The molecule has 0 aliphatic carbocycles. The number of hydrogen-bond acceptors (Lipinski definition) is 6. The second kappa shape index (κ2) is 10.0. The number of carbonyl (C=O) groups is 1. The molecule has 2 N–H and O–H groups in total. The van der Waals surface area contributed by atoms with Gasteiger partial charge in [0.1, 0.15) is 6.04 Å². The molecule has 1 fully saturated rings. The van der Waals surface area contributed by atoms with Crippen LogP contribution in [0.15, 0.2) is 58.8 Å². The van der Waals surface area contributed by atoms with Crippen molar-refractivity contribution in [3.8, 4) is 11.3 Å². The topological polar surface area (TPSA) is 91.4 Å². The number of carbonyl (C=O) groups excluding carboxylic acids is 1. The Balaban J connectivity index is 1.35. The van der Waals surface area contributed by atoms with E-state index in [0.717, 1.165) is 41.2 Å². The Bertz CT molecular complexity index is 1200. The monoisotopic (exact) mass is 484 g/mol. The van der Waals surface area contributed by atoms with Crippen LogP contribution in [0.2, 0.25) is 0 Å². The number of aryl methyl sites for hydroxylation is 1. The number of anilines is 2. The molecule has 7 nitrogen and oxygen atoms in total. The van der Waals surface area contributed by atoms with E-state index in [4.69, 9.17) is 0 Å². The lowest BCUT2D eigenvalue weighted by atomic mass is 10.1. The van der Waals surface area contributed by atoms with Crippen molar-refractivity contribution in [2.24, 2.45) is 0 Å². The Morgan fingerprint density at radius 3 is 2.24 bits per heavy atom. The van der Waals surface area contributed by atoms with Crippen LogP contribution in [0.25, 0.3) is 11.3 Å². The second-order valence-electron chi connectivity index (χ2n) is 8.17. The first-order valence-corrected chi connectivity index (χ1v) is 13.3. The smallest absolute Gasteiger partial charge is 0.246 e. The quantitative estimate of drug-likeness (QED) is 0.506. The molecule has 0 saturated carbocycles. The van der Waals surface area contributed by atoms with Crippen LogP contribution in [0.4, 0.5) is 11.4 Å². The van der Waals surface area contributed by atoms with Gasteiger partial charge in [0.05, 0.1) is 15.6 Å². The van der Waals surface area contributed by atoms with E-state index in [-0.39, 0.29) is 10.8 Å². The fraction of sp³-hybridized carbons (Fsp3) is 0.333. The first-order valence-electron chi connectivity index (χ1n) is 11.0.